The number of benzene rings is 3. The van der Waals surface area contributed by atoms with Gasteiger partial charge in [-0.1, -0.05) is 42.5 Å². The van der Waals surface area contributed by atoms with Crippen LogP contribution in [-0.4, -0.2) is 35.6 Å². The van der Waals surface area contributed by atoms with E-state index < -0.39 is 0 Å². The maximum atomic E-state index is 12.8. The lowest BCUT2D eigenvalue weighted by molar-refractivity contribution is -0.128. The molecule has 5 rings (SSSR count). The lowest BCUT2D eigenvalue weighted by atomic mass is 10.1. The first-order valence-corrected chi connectivity index (χ1v) is 12.9. The van der Waals surface area contributed by atoms with Crippen molar-refractivity contribution in [3.05, 3.63) is 95.6 Å². The van der Waals surface area contributed by atoms with Gasteiger partial charge in [-0.25, -0.2) is 0 Å². The van der Waals surface area contributed by atoms with Crippen LogP contribution in [0.15, 0.2) is 78.9 Å². The number of piperidine rings is 1. The molecule has 0 saturated carbocycles. The molecule has 1 atom stereocenters. The fourth-order valence-corrected chi connectivity index (χ4v) is 5.78. The Labute approximate surface area is 205 Å². The Morgan fingerprint density at radius 2 is 1.59 bits per heavy atom. The Bertz CT molecular complexity index is 1130. The van der Waals surface area contributed by atoms with Crippen LogP contribution in [0.4, 0.5) is 11.4 Å². The van der Waals surface area contributed by atoms with Gasteiger partial charge in [-0.05, 0) is 66.8 Å². The van der Waals surface area contributed by atoms with Gasteiger partial charge in [0.15, 0.2) is 0 Å². The minimum Gasteiger partial charge on any atom is -0.372 e. The van der Waals surface area contributed by atoms with E-state index in [1.54, 1.807) is 11.8 Å². The van der Waals surface area contributed by atoms with Crippen LogP contribution in [-0.2, 0) is 11.3 Å². The fraction of sp³-hybridized carbons (Fsp3) is 0.286. The summed E-state index contributed by atoms with van der Waals surface area (Å²) in [6.45, 7) is 2.80. The van der Waals surface area contributed by atoms with Gasteiger partial charge in [-0.2, -0.15) is 0 Å². The molecule has 3 aromatic carbocycles. The van der Waals surface area contributed by atoms with Gasteiger partial charge in [0.1, 0.15) is 5.37 Å². The second-order valence-electron chi connectivity index (χ2n) is 8.84. The van der Waals surface area contributed by atoms with Gasteiger partial charge in [-0.15, -0.1) is 11.8 Å². The Balaban J connectivity index is 1.23. The predicted octanol–water partition coefficient (Wildman–Crippen LogP) is 5.70. The molecule has 0 aromatic heterocycles. The molecule has 174 valence electrons. The molecule has 5 nitrogen and oxygen atoms in total. The molecule has 2 aliphatic rings. The summed E-state index contributed by atoms with van der Waals surface area (Å²) >= 11 is 1.63. The average Bonchev–Trinajstić information content (AvgIpc) is 3.25. The maximum absolute atomic E-state index is 12.8. The van der Waals surface area contributed by atoms with Crippen LogP contribution in [0.2, 0.25) is 0 Å². The van der Waals surface area contributed by atoms with Crippen LogP contribution >= 0.6 is 11.8 Å². The molecule has 34 heavy (non-hydrogen) atoms. The third-order valence-corrected chi connectivity index (χ3v) is 7.72. The molecule has 1 N–H and O–H groups in total. The molecule has 0 bridgehead atoms. The number of amides is 2. The largest absolute Gasteiger partial charge is 0.372 e. The smallest absolute Gasteiger partial charge is 0.255 e. The molecule has 0 aliphatic carbocycles. The monoisotopic (exact) mass is 471 g/mol. The van der Waals surface area contributed by atoms with Crippen LogP contribution in [0.25, 0.3) is 0 Å². The van der Waals surface area contributed by atoms with E-state index in [9.17, 15) is 9.59 Å². The summed E-state index contributed by atoms with van der Waals surface area (Å²) in [6.07, 6.45) is 3.79. The molecule has 0 radical (unpaired) electrons. The van der Waals surface area contributed by atoms with Crippen molar-refractivity contribution in [2.75, 3.05) is 29.1 Å². The summed E-state index contributed by atoms with van der Waals surface area (Å²) in [5, 5.41) is 2.96. The van der Waals surface area contributed by atoms with Crippen molar-refractivity contribution in [1.29, 1.82) is 0 Å². The minimum absolute atomic E-state index is 0.0350. The van der Waals surface area contributed by atoms with Crippen molar-refractivity contribution in [1.82, 2.24) is 4.90 Å². The zero-order valence-corrected chi connectivity index (χ0v) is 20.0. The van der Waals surface area contributed by atoms with Gasteiger partial charge in [0, 0.05) is 36.6 Å². The first-order valence-electron chi connectivity index (χ1n) is 11.9. The lowest BCUT2D eigenvalue weighted by Crippen LogP contribution is -2.29. The second-order valence-corrected chi connectivity index (χ2v) is 9.91. The summed E-state index contributed by atoms with van der Waals surface area (Å²) < 4.78 is 0. The molecule has 2 aliphatic heterocycles. The third-order valence-electron chi connectivity index (χ3n) is 6.47. The van der Waals surface area contributed by atoms with Crippen molar-refractivity contribution >= 4 is 35.0 Å². The Morgan fingerprint density at radius 3 is 2.29 bits per heavy atom. The van der Waals surface area contributed by atoms with Crippen LogP contribution in [0.3, 0.4) is 0 Å². The number of hydrogen-bond donors (Lipinski definition) is 1. The van der Waals surface area contributed by atoms with Crippen molar-refractivity contribution in [2.24, 2.45) is 0 Å². The quantitative estimate of drug-likeness (QED) is 0.501. The van der Waals surface area contributed by atoms with E-state index in [0.717, 1.165) is 29.9 Å². The minimum atomic E-state index is -0.131. The summed E-state index contributed by atoms with van der Waals surface area (Å²) in [5.74, 6) is 0.495. The fourth-order valence-electron chi connectivity index (χ4n) is 4.59. The van der Waals surface area contributed by atoms with Crippen LogP contribution in [0.1, 0.15) is 46.1 Å². The Morgan fingerprint density at radius 1 is 0.882 bits per heavy atom. The van der Waals surface area contributed by atoms with Crippen molar-refractivity contribution in [2.45, 2.75) is 31.2 Å². The molecule has 3 aromatic rings. The summed E-state index contributed by atoms with van der Waals surface area (Å²) in [4.78, 5) is 29.6. The van der Waals surface area contributed by atoms with E-state index in [0.29, 0.717) is 17.9 Å². The molecule has 0 unspecified atom stereocenters. The molecular weight excluding hydrogens is 442 g/mol. The lowest BCUT2D eigenvalue weighted by Gasteiger charge is -2.28. The zero-order chi connectivity index (χ0) is 23.3. The van der Waals surface area contributed by atoms with E-state index in [2.05, 4.69) is 22.3 Å². The summed E-state index contributed by atoms with van der Waals surface area (Å²) in [6, 6.07) is 25.8. The number of nitrogens with one attached hydrogen (secondary N) is 1. The SMILES string of the molecule is O=C(Nc1ccc(N2CCCCC2)cc1)c1ccc([C@@H]2SCC(=O)N2Cc2ccccc2)cc1. The number of hydrogen-bond acceptors (Lipinski definition) is 4. The average molecular weight is 472 g/mol. The van der Waals surface area contributed by atoms with Gasteiger partial charge >= 0.3 is 0 Å². The van der Waals surface area contributed by atoms with Gasteiger partial charge in [0.05, 0.1) is 5.75 Å². The highest BCUT2D eigenvalue weighted by Gasteiger charge is 2.32. The highest BCUT2D eigenvalue weighted by atomic mass is 32.2. The maximum Gasteiger partial charge on any atom is 0.255 e. The number of nitrogens with zero attached hydrogens (tertiary/aromatic N) is 2. The van der Waals surface area contributed by atoms with Crippen LogP contribution < -0.4 is 10.2 Å². The van der Waals surface area contributed by atoms with Crippen LogP contribution in [0, 0.1) is 0 Å². The van der Waals surface area contributed by atoms with Crippen molar-refractivity contribution in [3.63, 3.8) is 0 Å². The molecular formula is C28H29N3O2S. The second kappa shape index (κ2) is 10.3. The van der Waals surface area contributed by atoms with Gasteiger partial charge < -0.3 is 15.1 Å². The number of thioether (sulfide) groups is 1. The number of carbonyl (C=O) groups is 2. The van der Waals surface area contributed by atoms with Gasteiger partial charge in [0.25, 0.3) is 5.91 Å². The predicted molar refractivity (Wildman–Crippen MR) is 139 cm³/mol. The standard InChI is InChI=1S/C28H29N3O2S/c32-26-20-34-28(31(26)19-21-7-3-1-4-8-21)23-11-9-22(10-12-23)27(33)29-24-13-15-25(16-14-24)30-17-5-2-6-18-30/h1,3-4,7-16,28H,2,5-6,17-20H2,(H,29,33)/t28-/m0/s1. The van der Waals surface area contributed by atoms with Crippen LogP contribution in [0.5, 0.6) is 0 Å². The van der Waals surface area contributed by atoms with E-state index in [1.807, 2.05) is 71.6 Å². The van der Waals surface area contributed by atoms with Crippen molar-refractivity contribution in [3.8, 4) is 0 Å². The number of carbonyl (C=O) groups excluding carboxylic acids is 2. The normalized spacial score (nSPS) is 18.2. The van der Waals surface area contributed by atoms with E-state index >= 15 is 0 Å². The molecule has 2 saturated heterocycles. The molecule has 2 heterocycles. The molecule has 6 heteroatoms. The van der Waals surface area contributed by atoms with E-state index in [4.69, 9.17) is 0 Å². The summed E-state index contributed by atoms with van der Waals surface area (Å²) in [5.41, 5.74) is 4.76. The summed E-state index contributed by atoms with van der Waals surface area (Å²) in [7, 11) is 0. The topological polar surface area (TPSA) is 52.7 Å². The van der Waals surface area contributed by atoms with Gasteiger partial charge in [0.2, 0.25) is 5.91 Å². The Kier molecular flexibility index (Phi) is 6.86. The number of rotatable bonds is 6. The molecule has 0 spiro atoms. The first kappa shape index (κ1) is 22.5. The molecule has 2 fully saturated rings. The highest BCUT2D eigenvalue weighted by molar-refractivity contribution is 8.00. The highest BCUT2D eigenvalue weighted by Crippen LogP contribution is 2.39. The first-order chi connectivity index (χ1) is 16.7. The van der Waals surface area contributed by atoms with Crippen molar-refractivity contribution < 1.29 is 9.59 Å². The van der Waals surface area contributed by atoms with Gasteiger partial charge in [-0.3, -0.25) is 9.59 Å². The molecule has 2 amide bonds. The van der Waals surface area contributed by atoms with E-state index in [1.165, 1.54) is 24.9 Å². The Hall–Kier alpha value is -3.25. The zero-order valence-electron chi connectivity index (χ0n) is 19.2. The van der Waals surface area contributed by atoms with E-state index in [-0.39, 0.29) is 17.2 Å². The number of anilines is 2. The third kappa shape index (κ3) is 5.12.